The summed E-state index contributed by atoms with van der Waals surface area (Å²) in [6.07, 6.45) is 1.02. The molecule has 8 heteroatoms. The maximum atomic E-state index is 14.2. The van der Waals surface area contributed by atoms with Crippen molar-refractivity contribution in [2.75, 3.05) is 11.9 Å². The van der Waals surface area contributed by atoms with Gasteiger partial charge in [0.05, 0.1) is 15.9 Å². The van der Waals surface area contributed by atoms with Crippen LogP contribution in [-0.4, -0.2) is 28.6 Å². The highest BCUT2D eigenvalue weighted by molar-refractivity contribution is 7.22. The van der Waals surface area contributed by atoms with E-state index < -0.39 is 23.3 Å². The zero-order valence-electron chi connectivity index (χ0n) is 13.7. The molecule has 0 unspecified atom stereocenters. The van der Waals surface area contributed by atoms with E-state index in [1.807, 2.05) is 0 Å². The van der Waals surface area contributed by atoms with E-state index in [9.17, 15) is 13.6 Å². The Morgan fingerprint density at radius 3 is 2.88 bits per heavy atom. The summed E-state index contributed by atoms with van der Waals surface area (Å²) in [6, 6.07) is 7.94. The number of rotatable bonds is 5. The van der Waals surface area contributed by atoms with Crippen LogP contribution in [0.3, 0.4) is 0 Å². The number of carbonyl (C=O) groups excluding carboxylic acids is 1. The van der Waals surface area contributed by atoms with Crippen molar-refractivity contribution in [2.24, 2.45) is 5.73 Å². The molecule has 1 fully saturated rings. The summed E-state index contributed by atoms with van der Waals surface area (Å²) >= 11 is 1.41. The average molecular weight is 374 g/mol. The Morgan fingerprint density at radius 2 is 2.19 bits per heavy atom. The van der Waals surface area contributed by atoms with E-state index >= 15 is 0 Å². The maximum Gasteiger partial charge on any atom is 0.248 e. The second kappa shape index (κ2) is 6.28. The van der Waals surface area contributed by atoms with Gasteiger partial charge in [-0.15, -0.1) is 0 Å². The Hall–Kier alpha value is -2.61. The molecule has 0 saturated heterocycles. The predicted octanol–water partition coefficient (Wildman–Crippen LogP) is 3.41. The first kappa shape index (κ1) is 16.8. The predicted molar refractivity (Wildman–Crippen MR) is 96.6 cm³/mol. The summed E-state index contributed by atoms with van der Waals surface area (Å²) < 4.78 is 28.7. The van der Waals surface area contributed by atoms with Crippen LogP contribution in [0.5, 0.6) is 0 Å². The van der Waals surface area contributed by atoms with Gasteiger partial charge in [-0.05, 0) is 43.2 Å². The molecule has 1 aliphatic carbocycles. The number of alkyl halides is 1. The second-order valence-corrected chi connectivity index (χ2v) is 7.57. The van der Waals surface area contributed by atoms with Gasteiger partial charge in [0.25, 0.3) is 0 Å². The molecule has 1 amide bonds. The van der Waals surface area contributed by atoms with Crippen LogP contribution < -0.4 is 11.1 Å². The molecule has 4 rings (SSSR count). The summed E-state index contributed by atoms with van der Waals surface area (Å²) in [5.41, 5.74) is 5.94. The molecule has 3 aromatic rings. The number of aromatic nitrogens is 2. The zero-order chi connectivity index (χ0) is 18.3. The normalized spacial score (nSPS) is 22.2. The minimum absolute atomic E-state index is 0.227. The smallest absolute Gasteiger partial charge is 0.248 e. The first-order valence-corrected chi connectivity index (χ1v) is 8.98. The summed E-state index contributed by atoms with van der Waals surface area (Å²) in [6.45, 7) is 0.337. The Balaban J connectivity index is 1.58. The molecule has 1 aromatic carbocycles. The van der Waals surface area contributed by atoms with Crippen molar-refractivity contribution in [1.29, 1.82) is 0 Å². The van der Waals surface area contributed by atoms with Crippen molar-refractivity contribution < 1.29 is 13.6 Å². The number of carbonyl (C=O) groups is 1. The number of thiazole rings is 1. The molecule has 0 atom stereocenters. The highest BCUT2D eigenvalue weighted by Crippen LogP contribution is 2.45. The van der Waals surface area contributed by atoms with E-state index in [2.05, 4.69) is 15.3 Å². The largest absolute Gasteiger partial charge is 0.366 e. The van der Waals surface area contributed by atoms with Crippen LogP contribution in [0.2, 0.25) is 0 Å². The molecular weight excluding hydrogens is 358 g/mol. The number of hydrogen-bond donors (Lipinski definition) is 2. The number of benzene rings is 1. The number of nitrogens with two attached hydrogens (primary N) is 1. The number of nitrogens with zero attached hydrogens (tertiary/aromatic N) is 2. The van der Waals surface area contributed by atoms with E-state index in [-0.39, 0.29) is 12.8 Å². The average Bonchev–Trinajstić information content (AvgIpc) is 3.00. The van der Waals surface area contributed by atoms with Crippen molar-refractivity contribution in [3.8, 4) is 0 Å². The van der Waals surface area contributed by atoms with Gasteiger partial charge in [-0.2, -0.15) is 0 Å². The van der Waals surface area contributed by atoms with Crippen LogP contribution in [0, 0.1) is 5.82 Å². The number of nitrogens with one attached hydrogen (secondary N) is 1. The molecule has 3 N–H and O–H groups in total. The van der Waals surface area contributed by atoms with Gasteiger partial charge in [0.15, 0.2) is 5.13 Å². The third-order valence-electron chi connectivity index (χ3n) is 4.74. The minimum Gasteiger partial charge on any atom is -0.366 e. The molecule has 0 bridgehead atoms. The molecule has 0 spiro atoms. The fourth-order valence-electron chi connectivity index (χ4n) is 3.39. The van der Waals surface area contributed by atoms with E-state index in [4.69, 9.17) is 5.73 Å². The van der Waals surface area contributed by atoms with Crippen LogP contribution >= 0.6 is 11.3 Å². The van der Waals surface area contributed by atoms with E-state index in [0.717, 1.165) is 4.70 Å². The Morgan fingerprint density at radius 1 is 1.38 bits per heavy atom. The van der Waals surface area contributed by atoms with E-state index in [0.29, 0.717) is 28.5 Å². The van der Waals surface area contributed by atoms with Gasteiger partial charge in [-0.1, -0.05) is 11.3 Å². The number of anilines is 1. The van der Waals surface area contributed by atoms with Crippen molar-refractivity contribution in [1.82, 2.24) is 9.97 Å². The van der Waals surface area contributed by atoms with Crippen molar-refractivity contribution in [2.45, 2.75) is 24.4 Å². The van der Waals surface area contributed by atoms with E-state index in [1.54, 1.807) is 18.2 Å². The number of primary amides is 1. The molecule has 5 nitrogen and oxygen atoms in total. The summed E-state index contributed by atoms with van der Waals surface area (Å²) in [4.78, 5) is 19.9. The lowest BCUT2D eigenvalue weighted by molar-refractivity contribution is 0.0964. The second-order valence-electron chi connectivity index (χ2n) is 6.54. The number of halogens is 2. The van der Waals surface area contributed by atoms with Gasteiger partial charge < -0.3 is 11.1 Å². The molecule has 0 aliphatic heterocycles. The fraction of sp³-hybridized carbons (Fsp3) is 0.278. The Kier molecular flexibility index (Phi) is 4.07. The topological polar surface area (TPSA) is 80.9 Å². The van der Waals surface area contributed by atoms with Crippen LogP contribution in [0.1, 0.15) is 28.9 Å². The lowest BCUT2D eigenvalue weighted by Crippen LogP contribution is -2.48. The monoisotopic (exact) mass is 374 g/mol. The van der Waals surface area contributed by atoms with E-state index in [1.165, 1.54) is 29.7 Å². The van der Waals surface area contributed by atoms with Crippen molar-refractivity contribution in [3.63, 3.8) is 0 Å². The quantitative estimate of drug-likeness (QED) is 0.717. The number of amides is 1. The van der Waals surface area contributed by atoms with Crippen LogP contribution in [0.15, 0.2) is 36.5 Å². The van der Waals surface area contributed by atoms with Gasteiger partial charge in [-0.25, -0.2) is 13.8 Å². The van der Waals surface area contributed by atoms with Crippen LogP contribution in [-0.2, 0) is 5.41 Å². The van der Waals surface area contributed by atoms with Crippen molar-refractivity contribution in [3.05, 3.63) is 53.6 Å². The lowest BCUT2D eigenvalue weighted by Gasteiger charge is -2.43. The zero-order valence-corrected chi connectivity index (χ0v) is 14.5. The Bertz CT molecular complexity index is 984. The molecule has 134 valence electrons. The minimum atomic E-state index is -0.952. The number of hydrogen-bond acceptors (Lipinski definition) is 5. The third kappa shape index (κ3) is 2.90. The summed E-state index contributed by atoms with van der Waals surface area (Å²) in [5.74, 6) is -0.931. The molecule has 0 radical (unpaired) electrons. The Labute approximate surface area is 152 Å². The van der Waals surface area contributed by atoms with Crippen LogP contribution in [0.4, 0.5) is 13.9 Å². The molecular formula is C18H16F2N4OS. The third-order valence-corrected chi connectivity index (χ3v) is 5.73. The number of fused-ring (bicyclic) bond motifs is 1. The molecule has 2 heterocycles. The number of pyridine rings is 1. The lowest BCUT2D eigenvalue weighted by atomic mass is 9.65. The first-order valence-electron chi connectivity index (χ1n) is 8.16. The first-order chi connectivity index (χ1) is 12.5. The molecule has 26 heavy (non-hydrogen) atoms. The van der Waals surface area contributed by atoms with Gasteiger partial charge in [-0.3, -0.25) is 9.78 Å². The molecule has 1 aliphatic rings. The fourth-order valence-corrected chi connectivity index (χ4v) is 4.23. The molecule has 2 aromatic heterocycles. The van der Waals surface area contributed by atoms with Gasteiger partial charge >= 0.3 is 0 Å². The molecule has 1 saturated carbocycles. The highest BCUT2D eigenvalue weighted by Gasteiger charge is 2.48. The standard InChI is InChI=1S/C18H16F2N4OS/c19-11-7-18(8-11,15-12(20)2-1-5-22-15)9-23-17-24-13-6-10(16(21)25)3-4-14(13)26-17/h1-6,11H,7-9H2,(H2,21,25)(H,23,24). The summed E-state index contributed by atoms with van der Waals surface area (Å²) in [7, 11) is 0. The van der Waals surface area contributed by atoms with Gasteiger partial charge in [0.1, 0.15) is 12.0 Å². The summed E-state index contributed by atoms with van der Waals surface area (Å²) in [5, 5.41) is 3.81. The highest BCUT2D eigenvalue weighted by atomic mass is 32.1. The van der Waals surface area contributed by atoms with Crippen LogP contribution in [0.25, 0.3) is 10.2 Å². The van der Waals surface area contributed by atoms with Crippen molar-refractivity contribution >= 4 is 32.6 Å². The maximum absolute atomic E-state index is 14.2. The SMILES string of the molecule is NC(=O)c1ccc2sc(NCC3(c4ncccc4F)CC(F)C3)nc2c1. The van der Waals surface area contributed by atoms with Gasteiger partial charge in [0, 0.05) is 23.7 Å². The van der Waals surface area contributed by atoms with Gasteiger partial charge in [0.2, 0.25) is 5.91 Å².